The van der Waals surface area contributed by atoms with Crippen LogP contribution in [0.25, 0.3) is 0 Å². The lowest BCUT2D eigenvalue weighted by atomic mass is 10.1. The van der Waals surface area contributed by atoms with Crippen LogP contribution in [0.5, 0.6) is 5.75 Å². The fourth-order valence-corrected chi connectivity index (χ4v) is 3.39. The number of hydrogen-bond acceptors (Lipinski definition) is 4. The Hall–Kier alpha value is -1.64. The zero-order chi connectivity index (χ0) is 19.1. The van der Waals surface area contributed by atoms with Crippen LogP contribution in [0.1, 0.15) is 11.1 Å². The number of ether oxygens (including phenoxy) is 1. The second-order valence-corrected chi connectivity index (χ2v) is 8.16. The zero-order valence-electron chi connectivity index (χ0n) is 15.7. The van der Waals surface area contributed by atoms with Gasteiger partial charge in [0, 0.05) is 42.8 Å². The molecule has 0 bridgehead atoms. The quantitative estimate of drug-likeness (QED) is 0.621. The average molecular weight is 479 g/mol. The summed E-state index contributed by atoms with van der Waals surface area (Å²) in [7, 11) is 2.17. The molecule has 0 spiro atoms. The third-order valence-electron chi connectivity index (χ3n) is 4.67. The van der Waals surface area contributed by atoms with Gasteiger partial charge in [0.05, 0.1) is 0 Å². The van der Waals surface area contributed by atoms with Gasteiger partial charge in [0.1, 0.15) is 5.75 Å². The van der Waals surface area contributed by atoms with Gasteiger partial charge in [-0.05, 0) is 65.0 Å². The summed E-state index contributed by atoms with van der Waals surface area (Å²) in [5, 5.41) is 2.93. The topological polar surface area (TPSA) is 44.8 Å². The highest BCUT2D eigenvalue weighted by Crippen LogP contribution is 2.13. The smallest absolute Gasteiger partial charge is 0.258 e. The lowest BCUT2D eigenvalue weighted by Gasteiger charge is -2.32. The standard InChI is InChI=1S/C21H26IN3O2/c1-24-9-11-25(12-10-24)15-18-4-2-3-17(13-18)14-23-21(26)16-27-20-7-5-19(22)6-8-20/h2-8,13H,9-12,14-16H2,1H3,(H,23,26). The number of nitrogens with one attached hydrogen (secondary N) is 1. The fourth-order valence-electron chi connectivity index (χ4n) is 3.03. The minimum atomic E-state index is -0.113. The van der Waals surface area contributed by atoms with Crippen molar-refractivity contribution in [2.45, 2.75) is 13.1 Å². The number of hydrogen-bond donors (Lipinski definition) is 1. The first-order chi connectivity index (χ1) is 13.1. The van der Waals surface area contributed by atoms with Crippen molar-refractivity contribution in [3.63, 3.8) is 0 Å². The molecule has 0 saturated carbocycles. The Morgan fingerprint density at radius 2 is 1.78 bits per heavy atom. The van der Waals surface area contributed by atoms with Crippen molar-refractivity contribution in [3.05, 3.63) is 63.2 Å². The van der Waals surface area contributed by atoms with E-state index in [0.717, 1.165) is 41.9 Å². The van der Waals surface area contributed by atoms with Gasteiger partial charge in [0.2, 0.25) is 0 Å². The average Bonchev–Trinajstić information content (AvgIpc) is 2.68. The second-order valence-electron chi connectivity index (χ2n) is 6.92. The molecule has 2 aromatic carbocycles. The molecule has 1 heterocycles. The maximum Gasteiger partial charge on any atom is 0.258 e. The first kappa shape index (κ1) is 20.1. The Morgan fingerprint density at radius 3 is 2.52 bits per heavy atom. The van der Waals surface area contributed by atoms with Crippen LogP contribution in [0.4, 0.5) is 0 Å². The molecule has 144 valence electrons. The maximum absolute atomic E-state index is 12.0. The molecule has 0 unspecified atom stereocenters. The van der Waals surface area contributed by atoms with Crippen molar-refractivity contribution in [3.8, 4) is 5.75 Å². The van der Waals surface area contributed by atoms with E-state index in [0.29, 0.717) is 12.3 Å². The fraction of sp³-hybridized carbons (Fsp3) is 0.381. The van der Waals surface area contributed by atoms with Crippen molar-refractivity contribution in [1.82, 2.24) is 15.1 Å². The number of carbonyl (C=O) groups excluding carboxylic acids is 1. The molecule has 0 atom stereocenters. The van der Waals surface area contributed by atoms with Gasteiger partial charge in [-0.1, -0.05) is 24.3 Å². The summed E-state index contributed by atoms with van der Waals surface area (Å²) in [5.41, 5.74) is 2.41. The van der Waals surface area contributed by atoms with E-state index in [1.807, 2.05) is 30.3 Å². The Morgan fingerprint density at radius 1 is 1.07 bits per heavy atom. The highest BCUT2D eigenvalue weighted by molar-refractivity contribution is 14.1. The summed E-state index contributed by atoms with van der Waals surface area (Å²) < 4.78 is 6.66. The molecule has 1 aliphatic heterocycles. The highest BCUT2D eigenvalue weighted by atomic mass is 127. The van der Waals surface area contributed by atoms with Crippen molar-refractivity contribution in [2.24, 2.45) is 0 Å². The molecule has 6 heteroatoms. The van der Waals surface area contributed by atoms with Crippen LogP contribution < -0.4 is 10.1 Å². The second kappa shape index (κ2) is 10.1. The maximum atomic E-state index is 12.0. The third kappa shape index (κ3) is 6.79. The number of carbonyl (C=O) groups is 1. The van der Waals surface area contributed by atoms with Gasteiger partial charge >= 0.3 is 0 Å². The molecule has 0 radical (unpaired) electrons. The molecule has 0 aliphatic carbocycles. The van der Waals surface area contributed by atoms with Gasteiger partial charge in [-0.15, -0.1) is 0 Å². The van der Waals surface area contributed by atoms with Crippen LogP contribution in [-0.2, 0) is 17.9 Å². The Labute approximate surface area is 174 Å². The first-order valence-corrected chi connectivity index (χ1v) is 10.3. The molecule has 0 aromatic heterocycles. The molecule has 2 aromatic rings. The SMILES string of the molecule is CN1CCN(Cc2cccc(CNC(=O)COc3ccc(I)cc3)c2)CC1. The number of nitrogens with zero attached hydrogens (tertiary/aromatic N) is 2. The Kier molecular flexibility index (Phi) is 7.49. The summed E-state index contributed by atoms with van der Waals surface area (Å²) in [5.74, 6) is 0.595. The molecule has 3 rings (SSSR count). The number of piperazine rings is 1. The molecule has 27 heavy (non-hydrogen) atoms. The molecule has 1 amide bonds. The number of halogens is 1. The largest absolute Gasteiger partial charge is 0.484 e. The van der Waals surface area contributed by atoms with E-state index in [9.17, 15) is 4.79 Å². The highest BCUT2D eigenvalue weighted by Gasteiger charge is 2.14. The normalized spacial score (nSPS) is 15.5. The monoisotopic (exact) mass is 479 g/mol. The van der Waals surface area contributed by atoms with E-state index in [1.54, 1.807) is 0 Å². The number of likely N-dealkylation sites (N-methyl/N-ethyl adjacent to an activating group) is 1. The van der Waals surface area contributed by atoms with Crippen molar-refractivity contribution < 1.29 is 9.53 Å². The molecule has 1 aliphatic rings. The lowest BCUT2D eigenvalue weighted by molar-refractivity contribution is -0.123. The van der Waals surface area contributed by atoms with Gasteiger partial charge in [-0.25, -0.2) is 0 Å². The van der Waals surface area contributed by atoms with Crippen LogP contribution in [0, 0.1) is 3.57 Å². The minimum absolute atomic E-state index is 0.0293. The summed E-state index contributed by atoms with van der Waals surface area (Å²) >= 11 is 2.24. The Bertz CT molecular complexity index is 743. The number of benzene rings is 2. The van der Waals surface area contributed by atoms with Crippen LogP contribution in [0.3, 0.4) is 0 Å². The van der Waals surface area contributed by atoms with E-state index < -0.39 is 0 Å². The summed E-state index contributed by atoms with van der Waals surface area (Å²) in [6.07, 6.45) is 0. The zero-order valence-corrected chi connectivity index (χ0v) is 17.8. The van der Waals surface area contributed by atoms with E-state index in [-0.39, 0.29) is 12.5 Å². The van der Waals surface area contributed by atoms with Gasteiger partial charge < -0.3 is 15.0 Å². The molecule has 1 saturated heterocycles. The van der Waals surface area contributed by atoms with E-state index in [4.69, 9.17) is 4.74 Å². The lowest BCUT2D eigenvalue weighted by Crippen LogP contribution is -2.43. The van der Waals surface area contributed by atoms with Crippen molar-refractivity contribution in [2.75, 3.05) is 39.8 Å². The Balaban J connectivity index is 1.43. The number of amides is 1. The summed E-state index contributed by atoms with van der Waals surface area (Å²) in [6, 6.07) is 16.1. The van der Waals surface area contributed by atoms with Gasteiger partial charge in [-0.2, -0.15) is 0 Å². The van der Waals surface area contributed by atoms with Crippen LogP contribution in [-0.4, -0.2) is 55.5 Å². The molecule has 1 N–H and O–H groups in total. The minimum Gasteiger partial charge on any atom is -0.484 e. The molecular weight excluding hydrogens is 453 g/mol. The predicted molar refractivity (Wildman–Crippen MR) is 116 cm³/mol. The predicted octanol–water partition coefficient (Wildman–Crippen LogP) is 2.73. The number of rotatable bonds is 7. The van der Waals surface area contributed by atoms with Crippen molar-refractivity contribution >= 4 is 28.5 Å². The van der Waals surface area contributed by atoms with Crippen LogP contribution in [0.15, 0.2) is 48.5 Å². The summed E-state index contributed by atoms with van der Waals surface area (Å²) in [4.78, 5) is 16.9. The van der Waals surface area contributed by atoms with Gasteiger partial charge in [0.25, 0.3) is 5.91 Å². The van der Waals surface area contributed by atoms with E-state index in [1.165, 1.54) is 5.56 Å². The van der Waals surface area contributed by atoms with Crippen LogP contribution >= 0.6 is 22.6 Å². The molecule has 5 nitrogen and oxygen atoms in total. The molecular formula is C21H26IN3O2. The summed E-state index contributed by atoms with van der Waals surface area (Å²) in [6.45, 7) is 5.96. The van der Waals surface area contributed by atoms with Crippen LogP contribution in [0.2, 0.25) is 0 Å². The van der Waals surface area contributed by atoms with Gasteiger partial charge in [-0.3, -0.25) is 9.69 Å². The van der Waals surface area contributed by atoms with Crippen molar-refractivity contribution in [1.29, 1.82) is 0 Å². The van der Waals surface area contributed by atoms with E-state index >= 15 is 0 Å². The molecule has 1 fully saturated rings. The van der Waals surface area contributed by atoms with E-state index in [2.05, 4.69) is 63.0 Å². The third-order valence-corrected chi connectivity index (χ3v) is 5.39. The first-order valence-electron chi connectivity index (χ1n) is 9.22. The van der Waals surface area contributed by atoms with Gasteiger partial charge in [0.15, 0.2) is 6.61 Å².